The van der Waals surface area contributed by atoms with Crippen LogP contribution in [0, 0.1) is 0 Å². The highest BCUT2D eigenvalue weighted by molar-refractivity contribution is 6.31. The molecule has 0 aromatic heterocycles. The lowest BCUT2D eigenvalue weighted by Gasteiger charge is -2.26. The normalized spacial score (nSPS) is 12.5. The van der Waals surface area contributed by atoms with E-state index in [4.69, 9.17) is 16.3 Å². The Kier molecular flexibility index (Phi) is 6.89. The molecule has 1 aromatic carbocycles. The summed E-state index contributed by atoms with van der Waals surface area (Å²) in [7, 11) is 3.37. The molecular weight excluding hydrogens is 262 g/mol. The second kappa shape index (κ2) is 8.18. The summed E-state index contributed by atoms with van der Waals surface area (Å²) < 4.78 is 4.88. The van der Waals surface area contributed by atoms with E-state index in [1.54, 1.807) is 0 Å². The predicted octanol–water partition coefficient (Wildman–Crippen LogP) is 3.50. The van der Waals surface area contributed by atoms with Gasteiger partial charge in [0.25, 0.3) is 0 Å². The molecule has 4 heteroatoms. The number of unbranched alkanes of at least 4 members (excludes halogenated alkanes) is 1. The van der Waals surface area contributed by atoms with E-state index in [0.717, 1.165) is 29.8 Å². The second-order valence-electron chi connectivity index (χ2n) is 4.69. The minimum absolute atomic E-state index is 0.178. The lowest BCUT2D eigenvalue weighted by atomic mass is 10.1. The average molecular weight is 284 g/mol. The average Bonchev–Trinajstić information content (AvgIpc) is 2.41. The number of hydrogen-bond acceptors (Lipinski definition) is 3. The Labute approximate surface area is 120 Å². The molecule has 19 heavy (non-hydrogen) atoms. The highest BCUT2D eigenvalue weighted by Gasteiger charge is 2.23. The van der Waals surface area contributed by atoms with E-state index in [2.05, 4.69) is 6.92 Å². The van der Waals surface area contributed by atoms with E-state index in [-0.39, 0.29) is 12.0 Å². The zero-order valence-electron chi connectivity index (χ0n) is 11.9. The Bertz CT molecular complexity index is 409. The Morgan fingerprint density at radius 3 is 2.68 bits per heavy atom. The van der Waals surface area contributed by atoms with Gasteiger partial charge in [-0.05, 0) is 25.1 Å². The maximum atomic E-state index is 11.8. The van der Waals surface area contributed by atoms with Crippen LogP contribution in [0.1, 0.15) is 31.7 Å². The minimum Gasteiger partial charge on any atom is -0.468 e. The maximum Gasteiger partial charge on any atom is 0.323 e. The molecule has 1 rings (SSSR count). The molecule has 0 fully saturated rings. The Balaban J connectivity index is 2.73. The number of ether oxygens (including phenoxy) is 1. The molecule has 3 nitrogen and oxygen atoms in total. The first-order valence-corrected chi connectivity index (χ1v) is 6.99. The van der Waals surface area contributed by atoms with Crippen molar-refractivity contribution in [3.63, 3.8) is 0 Å². The zero-order chi connectivity index (χ0) is 14.3. The topological polar surface area (TPSA) is 29.5 Å². The number of nitrogens with zero attached hydrogens (tertiary/aromatic N) is 1. The first kappa shape index (κ1) is 16.0. The van der Waals surface area contributed by atoms with E-state index >= 15 is 0 Å². The van der Waals surface area contributed by atoms with E-state index in [1.807, 2.05) is 36.2 Å². The maximum absolute atomic E-state index is 11.8. The van der Waals surface area contributed by atoms with Crippen molar-refractivity contribution in [3.8, 4) is 0 Å². The number of rotatable bonds is 7. The van der Waals surface area contributed by atoms with Crippen LogP contribution in [0.4, 0.5) is 0 Å². The number of esters is 1. The number of carbonyl (C=O) groups excluding carboxylic acids is 1. The van der Waals surface area contributed by atoms with Crippen LogP contribution in [-0.2, 0) is 16.1 Å². The molecule has 0 heterocycles. The van der Waals surface area contributed by atoms with E-state index in [9.17, 15) is 4.79 Å². The van der Waals surface area contributed by atoms with Gasteiger partial charge >= 0.3 is 5.97 Å². The first-order chi connectivity index (χ1) is 9.10. The molecule has 0 bridgehead atoms. The number of hydrogen-bond donors (Lipinski definition) is 0. The van der Waals surface area contributed by atoms with Gasteiger partial charge in [0.1, 0.15) is 6.04 Å². The molecule has 0 aliphatic carbocycles. The predicted molar refractivity (Wildman–Crippen MR) is 78.2 cm³/mol. The van der Waals surface area contributed by atoms with Crippen molar-refractivity contribution in [2.45, 2.75) is 38.8 Å². The van der Waals surface area contributed by atoms with Crippen LogP contribution in [0.2, 0.25) is 5.02 Å². The lowest BCUT2D eigenvalue weighted by molar-refractivity contribution is -0.147. The third-order valence-corrected chi connectivity index (χ3v) is 3.58. The summed E-state index contributed by atoms with van der Waals surface area (Å²) in [6.07, 6.45) is 2.88. The zero-order valence-corrected chi connectivity index (χ0v) is 12.6. The Morgan fingerprint density at radius 1 is 1.42 bits per heavy atom. The van der Waals surface area contributed by atoms with Gasteiger partial charge in [-0.2, -0.15) is 0 Å². The molecular formula is C15H22ClNO2. The van der Waals surface area contributed by atoms with E-state index in [1.165, 1.54) is 7.11 Å². The SMILES string of the molecule is CCCCC(C(=O)OC)N(C)Cc1ccccc1Cl. The second-order valence-corrected chi connectivity index (χ2v) is 5.09. The summed E-state index contributed by atoms with van der Waals surface area (Å²) in [6.45, 7) is 2.76. The molecule has 0 spiro atoms. The molecule has 0 saturated carbocycles. The summed E-state index contributed by atoms with van der Waals surface area (Å²) in [5.74, 6) is -0.178. The van der Waals surface area contributed by atoms with Crippen LogP contribution in [0.25, 0.3) is 0 Å². The van der Waals surface area contributed by atoms with Crippen molar-refractivity contribution >= 4 is 17.6 Å². The summed E-state index contributed by atoms with van der Waals surface area (Å²) in [6, 6.07) is 7.49. The van der Waals surface area contributed by atoms with Gasteiger partial charge in [0.15, 0.2) is 0 Å². The monoisotopic (exact) mass is 283 g/mol. The molecule has 0 radical (unpaired) electrons. The number of likely N-dealkylation sites (N-methyl/N-ethyl adjacent to an activating group) is 1. The highest BCUT2D eigenvalue weighted by atomic mass is 35.5. The number of benzene rings is 1. The Hall–Kier alpha value is -1.06. The fourth-order valence-corrected chi connectivity index (χ4v) is 2.25. The molecule has 0 aliphatic rings. The summed E-state index contributed by atoms with van der Waals surface area (Å²) in [5.41, 5.74) is 1.03. The van der Waals surface area contributed by atoms with Crippen LogP contribution >= 0.6 is 11.6 Å². The van der Waals surface area contributed by atoms with Crippen LogP contribution in [0.5, 0.6) is 0 Å². The van der Waals surface area contributed by atoms with Gasteiger partial charge in [-0.1, -0.05) is 49.6 Å². The molecule has 0 amide bonds. The Morgan fingerprint density at radius 2 is 2.11 bits per heavy atom. The molecule has 1 unspecified atom stereocenters. The lowest BCUT2D eigenvalue weighted by Crippen LogP contribution is -2.38. The van der Waals surface area contributed by atoms with Crippen molar-refractivity contribution in [3.05, 3.63) is 34.9 Å². The van der Waals surface area contributed by atoms with Crippen molar-refractivity contribution in [1.82, 2.24) is 4.90 Å². The molecule has 0 N–H and O–H groups in total. The third-order valence-electron chi connectivity index (χ3n) is 3.21. The summed E-state index contributed by atoms with van der Waals surface area (Å²) in [4.78, 5) is 13.8. The van der Waals surface area contributed by atoms with Crippen molar-refractivity contribution < 1.29 is 9.53 Å². The summed E-state index contributed by atoms with van der Waals surface area (Å²) >= 11 is 6.15. The van der Waals surface area contributed by atoms with Gasteiger partial charge in [-0.25, -0.2) is 0 Å². The van der Waals surface area contributed by atoms with Gasteiger partial charge in [0.2, 0.25) is 0 Å². The fraction of sp³-hybridized carbons (Fsp3) is 0.533. The molecule has 0 aliphatic heterocycles. The van der Waals surface area contributed by atoms with Crippen molar-refractivity contribution in [2.75, 3.05) is 14.2 Å². The molecule has 1 aromatic rings. The van der Waals surface area contributed by atoms with Crippen LogP contribution < -0.4 is 0 Å². The van der Waals surface area contributed by atoms with Gasteiger partial charge in [0.05, 0.1) is 7.11 Å². The fourth-order valence-electron chi connectivity index (χ4n) is 2.06. The van der Waals surface area contributed by atoms with Crippen LogP contribution in [0.3, 0.4) is 0 Å². The summed E-state index contributed by atoms with van der Waals surface area (Å²) in [5, 5.41) is 0.730. The van der Waals surface area contributed by atoms with E-state index in [0.29, 0.717) is 6.54 Å². The number of methoxy groups -OCH3 is 1. The third kappa shape index (κ3) is 4.84. The van der Waals surface area contributed by atoms with Crippen LogP contribution in [-0.4, -0.2) is 31.1 Å². The smallest absolute Gasteiger partial charge is 0.323 e. The van der Waals surface area contributed by atoms with Gasteiger partial charge in [-0.3, -0.25) is 9.69 Å². The molecule has 106 valence electrons. The largest absolute Gasteiger partial charge is 0.468 e. The van der Waals surface area contributed by atoms with Gasteiger partial charge in [0, 0.05) is 11.6 Å². The molecule has 1 atom stereocenters. The van der Waals surface area contributed by atoms with Crippen molar-refractivity contribution in [2.24, 2.45) is 0 Å². The van der Waals surface area contributed by atoms with Crippen molar-refractivity contribution in [1.29, 1.82) is 0 Å². The first-order valence-electron chi connectivity index (χ1n) is 6.61. The molecule has 0 saturated heterocycles. The number of carbonyl (C=O) groups is 1. The minimum atomic E-state index is -0.207. The number of halogens is 1. The highest BCUT2D eigenvalue weighted by Crippen LogP contribution is 2.19. The van der Waals surface area contributed by atoms with Gasteiger partial charge < -0.3 is 4.74 Å². The quantitative estimate of drug-likeness (QED) is 0.717. The standard InChI is InChI=1S/C15H22ClNO2/c1-4-5-10-14(15(18)19-3)17(2)11-12-8-6-7-9-13(12)16/h6-9,14H,4-5,10-11H2,1-3H3. The van der Waals surface area contributed by atoms with Crippen LogP contribution in [0.15, 0.2) is 24.3 Å². The van der Waals surface area contributed by atoms with E-state index < -0.39 is 0 Å². The van der Waals surface area contributed by atoms with Gasteiger partial charge in [-0.15, -0.1) is 0 Å².